The van der Waals surface area contributed by atoms with E-state index in [2.05, 4.69) is 13.8 Å². The molecule has 0 aromatic carbocycles. The molecule has 0 spiro atoms. The van der Waals surface area contributed by atoms with Crippen LogP contribution in [0.5, 0.6) is 0 Å². The molecule has 0 aliphatic rings. The number of unbranched alkanes of at least 4 members (excludes halogenated alkanes) is 3. The highest BCUT2D eigenvalue weighted by molar-refractivity contribution is 4.58. The van der Waals surface area contributed by atoms with Crippen molar-refractivity contribution in [1.82, 2.24) is 0 Å². The molecule has 80 valence electrons. The van der Waals surface area contributed by atoms with Crippen molar-refractivity contribution < 1.29 is 4.74 Å². The van der Waals surface area contributed by atoms with Gasteiger partial charge in [0.2, 0.25) is 0 Å². The highest BCUT2D eigenvalue weighted by Gasteiger charge is 2.06. The molecular formula is C12H26O. The van der Waals surface area contributed by atoms with E-state index in [4.69, 9.17) is 4.74 Å². The Kier molecular flexibility index (Phi) is 10.0. The molecule has 1 atom stereocenters. The Hall–Kier alpha value is -0.0400. The van der Waals surface area contributed by atoms with Crippen molar-refractivity contribution in [3.05, 3.63) is 0 Å². The summed E-state index contributed by atoms with van der Waals surface area (Å²) in [4.78, 5) is 0. The van der Waals surface area contributed by atoms with Crippen LogP contribution in [0.3, 0.4) is 0 Å². The van der Waals surface area contributed by atoms with Gasteiger partial charge in [0, 0.05) is 13.7 Å². The van der Waals surface area contributed by atoms with Crippen LogP contribution >= 0.6 is 0 Å². The topological polar surface area (TPSA) is 9.23 Å². The molecule has 13 heavy (non-hydrogen) atoms. The van der Waals surface area contributed by atoms with Gasteiger partial charge in [-0.05, 0) is 18.8 Å². The van der Waals surface area contributed by atoms with Gasteiger partial charge in [-0.3, -0.25) is 0 Å². The molecule has 0 radical (unpaired) electrons. The Morgan fingerprint density at radius 3 is 2.08 bits per heavy atom. The SMILES string of the molecule is CCCCCC(CCCC)COC. The highest BCUT2D eigenvalue weighted by atomic mass is 16.5. The van der Waals surface area contributed by atoms with Crippen LogP contribution in [0.2, 0.25) is 0 Å². The van der Waals surface area contributed by atoms with Crippen molar-refractivity contribution >= 4 is 0 Å². The van der Waals surface area contributed by atoms with E-state index in [1.807, 2.05) is 7.11 Å². The lowest BCUT2D eigenvalue weighted by molar-refractivity contribution is 0.140. The third-order valence-corrected chi connectivity index (χ3v) is 2.58. The zero-order valence-corrected chi connectivity index (χ0v) is 9.64. The molecule has 0 heterocycles. The molecule has 1 nitrogen and oxygen atoms in total. The van der Waals surface area contributed by atoms with E-state index in [1.54, 1.807) is 0 Å². The molecule has 0 saturated heterocycles. The summed E-state index contributed by atoms with van der Waals surface area (Å²) in [5.74, 6) is 0.816. The van der Waals surface area contributed by atoms with Gasteiger partial charge >= 0.3 is 0 Å². The van der Waals surface area contributed by atoms with Gasteiger partial charge in [-0.25, -0.2) is 0 Å². The predicted octanol–water partition coefficient (Wildman–Crippen LogP) is 4.02. The van der Waals surface area contributed by atoms with Gasteiger partial charge in [-0.1, -0.05) is 46.0 Å². The average molecular weight is 186 g/mol. The van der Waals surface area contributed by atoms with E-state index in [1.165, 1.54) is 44.9 Å². The van der Waals surface area contributed by atoms with Gasteiger partial charge in [0.15, 0.2) is 0 Å². The highest BCUT2D eigenvalue weighted by Crippen LogP contribution is 2.16. The second-order valence-electron chi connectivity index (χ2n) is 3.96. The number of hydrogen-bond donors (Lipinski definition) is 0. The van der Waals surface area contributed by atoms with Crippen LogP contribution in [0, 0.1) is 5.92 Å². The molecule has 0 fully saturated rings. The molecule has 0 aromatic rings. The van der Waals surface area contributed by atoms with Gasteiger partial charge in [-0.15, -0.1) is 0 Å². The predicted molar refractivity (Wildman–Crippen MR) is 59.0 cm³/mol. The first-order chi connectivity index (χ1) is 6.35. The molecule has 0 rings (SSSR count). The zero-order valence-electron chi connectivity index (χ0n) is 9.64. The monoisotopic (exact) mass is 186 g/mol. The second kappa shape index (κ2) is 10.0. The fourth-order valence-electron chi connectivity index (χ4n) is 1.72. The summed E-state index contributed by atoms with van der Waals surface area (Å²) in [7, 11) is 1.82. The zero-order chi connectivity index (χ0) is 9.94. The fourth-order valence-corrected chi connectivity index (χ4v) is 1.72. The summed E-state index contributed by atoms with van der Waals surface area (Å²) in [6.45, 7) is 5.48. The third-order valence-electron chi connectivity index (χ3n) is 2.58. The fraction of sp³-hybridized carbons (Fsp3) is 1.00. The van der Waals surface area contributed by atoms with E-state index in [9.17, 15) is 0 Å². The van der Waals surface area contributed by atoms with Crippen LogP contribution in [0.1, 0.15) is 58.8 Å². The van der Waals surface area contributed by atoms with Gasteiger partial charge in [-0.2, -0.15) is 0 Å². The first-order valence-corrected chi connectivity index (χ1v) is 5.84. The number of methoxy groups -OCH3 is 1. The summed E-state index contributed by atoms with van der Waals surface area (Å²) in [6, 6.07) is 0. The van der Waals surface area contributed by atoms with Crippen molar-refractivity contribution in [3.63, 3.8) is 0 Å². The maximum Gasteiger partial charge on any atom is 0.0490 e. The summed E-state index contributed by atoms with van der Waals surface area (Å²) in [6.07, 6.45) is 9.48. The Balaban J connectivity index is 3.41. The molecule has 0 N–H and O–H groups in total. The van der Waals surface area contributed by atoms with Crippen LogP contribution in [0.15, 0.2) is 0 Å². The molecule has 0 bridgehead atoms. The van der Waals surface area contributed by atoms with Crippen molar-refractivity contribution in [1.29, 1.82) is 0 Å². The summed E-state index contributed by atoms with van der Waals surface area (Å²) >= 11 is 0. The minimum absolute atomic E-state index is 0.816. The molecule has 1 unspecified atom stereocenters. The van der Waals surface area contributed by atoms with Gasteiger partial charge in [0.05, 0.1) is 0 Å². The Morgan fingerprint density at radius 2 is 1.54 bits per heavy atom. The summed E-state index contributed by atoms with van der Waals surface area (Å²) in [5, 5.41) is 0. The lowest BCUT2D eigenvalue weighted by atomic mass is 9.96. The van der Waals surface area contributed by atoms with Crippen molar-refractivity contribution in [2.24, 2.45) is 5.92 Å². The average Bonchev–Trinajstić information content (AvgIpc) is 2.14. The van der Waals surface area contributed by atoms with E-state index in [0.29, 0.717) is 0 Å². The summed E-state index contributed by atoms with van der Waals surface area (Å²) in [5.41, 5.74) is 0. The number of hydrogen-bond acceptors (Lipinski definition) is 1. The smallest absolute Gasteiger partial charge is 0.0490 e. The van der Waals surface area contributed by atoms with E-state index in [-0.39, 0.29) is 0 Å². The minimum Gasteiger partial charge on any atom is -0.384 e. The molecule has 0 aromatic heterocycles. The summed E-state index contributed by atoms with van der Waals surface area (Å²) < 4.78 is 5.23. The first kappa shape index (κ1) is 13.0. The number of rotatable bonds is 9. The van der Waals surface area contributed by atoms with E-state index in [0.717, 1.165) is 12.5 Å². The Bertz CT molecular complexity index is 91.1. The molecule has 1 heteroatoms. The quantitative estimate of drug-likeness (QED) is 0.494. The van der Waals surface area contributed by atoms with Crippen molar-refractivity contribution in [3.8, 4) is 0 Å². The molecule has 0 amide bonds. The Morgan fingerprint density at radius 1 is 0.923 bits per heavy atom. The largest absolute Gasteiger partial charge is 0.384 e. The maximum absolute atomic E-state index is 5.23. The molecule has 0 aliphatic carbocycles. The Labute approximate surface area is 83.9 Å². The van der Waals surface area contributed by atoms with Crippen LogP contribution in [-0.2, 0) is 4.74 Å². The standard InChI is InChI=1S/C12H26O/c1-4-6-8-10-12(11-13-3)9-7-5-2/h12H,4-11H2,1-3H3. The lowest BCUT2D eigenvalue weighted by Gasteiger charge is -2.14. The lowest BCUT2D eigenvalue weighted by Crippen LogP contribution is -2.08. The number of ether oxygens (including phenoxy) is 1. The third kappa shape index (κ3) is 8.29. The van der Waals surface area contributed by atoms with Crippen LogP contribution < -0.4 is 0 Å². The molecule has 0 saturated carbocycles. The van der Waals surface area contributed by atoms with Crippen LogP contribution in [-0.4, -0.2) is 13.7 Å². The molecule has 0 aliphatic heterocycles. The second-order valence-corrected chi connectivity index (χ2v) is 3.96. The van der Waals surface area contributed by atoms with Crippen LogP contribution in [0.4, 0.5) is 0 Å². The van der Waals surface area contributed by atoms with Crippen molar-refractivity contribution in [2.45, 2.75) is 58.8 Å². The molecular weight excluding hydrogens is 160 g/mol. The maximum atomic E-state index is 5.23. The normalized spacial score (nSPS) is 13.2. The first-order valence-electron chi connectivity index (χ1n) is 5.84. The van der Waals surface area contributed by atoms with Gasteiger partial charge in [0.1, 0.15) is 0 Å². The van der Waals surface area contributed by atoms with Gasteiger partial charge in [0.25, 0.3) is 0 Å². The van der Waals surface area contributed by atoms with Crippen molar-refractivity contribution in [2.75, 3.05) is 13.7 Å². The van der Waals surface area contributed by atoms with E-state index < -0.39 is 0 Å². The van der Waals surface area contributed by atoms with Crippen LogP contribution in [0.25, 0.3) is 0 Å². The minimum atomic E-state index is 0.816. The van der Waals surface area contributed by atoms with Gasteiger partial charge < -0.3 is 4.74 Å². The van der Waals surface area contributed by atoms with E-state index >= 15 is 0 Å².